The molecule has 0 aromatic heterocycles. The summed E-state index contributed by atoms with van der Waals surface area (Å²) in [6, 6.07) is 0. The van der Waals surface area contributed by atoms with Crippen LogP contribution in [0.2, 0.25) is 0 Å². The largest absolute Gasteiger partial charge is 0.300 e. The van der Waals surface area contributed by atoms with E-state index in [1.807, 2.05) is 32.4 Å². The van der Waals surface area contributed by atoms with E-state index in [2.05, 4.69) is 4.99 Å². The van der Waals surface area contributed by atoms with Crippen LogP contribution in [-0.2, 0) is 4.79 Å². The Kier molecular flexibility index (Phi) is 7.11. The molecule has 0 N–H and O–H groups in total. The second kappa shape index (κ2) is 7.56. The number of rotatable bonds is 5. The van der Waals surface area contributed by atoms with Gasteiger partial charge in [-0.3, -0.25) is 4.79 Å². The Balaban J connectivity index is 4.94. The van der Waals surface area contributed by atoms with Crippen LogP contribution in [0.25, 0.3) is 0 Å². The molecule has 78 valence electrons. The van der Waals surface area contributed by atoms with E-state index in [1.54, 1.807) is 24.9 Å². The first-order chi connectivity index (χ1) is 6.71. The molecule has 0 unspecified atom stereocenters. The van der Waals surface area contributed by atoms with Gasteiger partial charge in [0.25, 0.3) is 0 Å². The van der Waals surface area contributed by atoms with E-state index in [4.69, 9.17) is 0 Å². The maximum absolute atomic E-state index is 10.5. The van der Waals surface area contributed by atoms with Crippen molar-refractivity contribution in [3.63, 3.8) is 0 Å². The topological polar surface area (TPSA) is 29.4 Å². The summed E-state index contributed by atoms with van der Waals surface area (Å²) < 4.78 is 0. The van der Waals surface area contributed by atoms with E-state index >= 15 is 0 Å². The lowest BCUT2D eigenvalue weighted by Gasteiger charge is -2.12. The molecule has 0 aromatic rings. The van der Waals surface area contributed by atoms with E-state index in [9.17, 15) is 4.79 Å². The molecule has 0 aliphatic rings. The van der Waals surface area contributed by atoms with Gasteiger partial charge in [-0.05, 0) is 24.8 Å². The van der Waals surface area contributed by atoms with Crippen molar-refractivity contribution in [2.75, 3.05) is 13.3 Å². The number of thioether (sulfide) groups is 1. The zero-order valence-corrected chi connectivity index (χ0v) is 9.97. The molecule has 0 amide bonds. The van der Waals surface area contributed by atoms with E-state index in [1.165, 1.54) is 0 Å². The van der Waals surface area contributed by atoms with Gasteiger partial charge < -0.3 is 4.99 Å². The summed E-state index contributed by atoms with van der Waals surface area (Å²) >= 11 is 1.64. The van der Waals surface area contributed by atoms with Gasteiger partial charge in [-0.25, -0.2) is 0 Å². The van der Waals surface area contributed by atoms with Crippen LogP contribution in [0.3, 0.4) is 0 Å². The summed E-state index contributed by atoms with van der Waals surface area (Å²) in [4.78, 5) is 15.6. The number of hydrogen-bond acceptors (Lipinski definition) is 3. The molecule has 0 bridgehead atoms. The van der Waals surface area contributed by atoms with Crippen LogP contribution in [0.1, 0.15) is 13.8 Å². The summed E-state index contributed by atoms with van der Waals surface area (Å²) in [6.07, 6.45) is 8.30. The van der Waals surface area contributed by atoms with E-state index in [0.29, 0.717) is 0 Å². The Bertz CT molecular complexity index is 266. The number of hydrogen-bond donors (Lipinski definition) is 0. The van der Waals surface area contributed by atoms with Gasteiger partial charge in [-0.1, -0.05) is 13.0 Å². The predicted molar refractivity (Wildman–Crippen MR) is 65.0 cm³/mol. The summed E-state index contributed by atoms with van der Waals surface area (Å²) in [6.45, 7) is 4.00. The zero-order valence-electron chi connectivity index (χ0n) is 9.15. The molecule has 0 saturated carbocycles. The number of aldehydes is 1. The van der Waals surface area contributed by atoms with Crippen molar-refractivity contribution < 1.29 is 4.79 Å². The highest BCUT2D eigenvalue weighted by Gasteiger charge is 2.09. The summed E-state index contributed by atoms with van der Waals surface area (Å²) in [7, 11) is 1.74. The molecule has 0 spiro atoms. The van der Waals surface area contributed by atoms with Gasteiger partial charge in [-0.15, -0.1) is 11.8 Å². The lowest BCUT2D eigenvalue weighted by atomic mass is 10.0. The number of nitrogens with zero attached hydrogens (tertiary/aromatic N) is 1. The normalized spacial score (nSPS) is 16.0. The van der Waals surface area contributed by atoms with Crippen LogP contribution in [0.5, 0.6) is 0 Å². The quantitative estimate of drug-likeness (QED) is 0.303. The molecule has 0 heterocycles. The second-order valence-corrected chi connectivity index (χ2v) is 3.66. The van der Waals surface area contributed by atoms with Crippen LogP contribution in [0.15, 0.2) is 27.6 Å². The molecule has 0 aliphatic heterocycles. The first-order valence-corrected chi connectivity index (χ1v) is 5.72. The molecule has 0 rings (SSSR count). The van der Waals surface area contributed by atoms with Gasteiger partial charge in [-0.2, -0.15) is 0 Å². The van der Waals surface area contributed by atoms with E-state index < -0.39 is 0 Å². The third-order valence-corrected chi connectivity index (χ3v) is 2.79. The lowest BCUT2D eigenvalue weighted by Crippen LogP contribution is -2.02. The summed E-state index contributed by atoms with van der Waals surface area (Å²) in [5.41, 5.74) is 1.03. The fraction of sp³-hybridized carbons (Fsp3) is 0.455. The predicted octanol–water partition coefficient (Wildman–Crippen LogP) is 2.72. The van der Waals surface area contributed by atoms with Crippen molar-refractivity contribution in [1.82, 2.24) is 0 Å². The van der Waals surface area contributed by atoms with Gasteiger partial charge in [0.1, 0.15) is 6.29 Å². The summed E-state index contributed by atoms with van der Waals surface area (Å²) in [5.74, 6) is 0.184. The van der Waals surface area contributed by atoms with Crippen molar-refractivity contribution in [1.29, 1.82) is 0 Å². The number of carbonyl (C=O) groups is 1. The smallest absolute Gasteiger partial charge is 0.143 e. The fourth-order valence-electron chi connectivity index (χ4n) is 1.24. The molecule has 0 aliphatic carbocycles. The Morgan fingerprint density at radius 3 is 2.50 bits per heavy atom. The van der Waals surface area contributed by atoms with Crippen LogP contribution in [0, 0.1) is 5.92 Å². The Labute approximate surface area is 90.2 Å². The number of allylic oxidation sites excluding steroid dienone is 3. The van der Waals surface area contributed by atoms with Gasteiger partial charge in [0.2, 0.25) is 0 Å². The third kappa shape index (κ3) is 3.92. The Hall–Kier alpha value is -0.830. The van der Waals surface area contributed by atoms with Crippen molar-refractivity contribution in [2.24, 2.45) is 10.9 Å². The summed E-state index contributed by atoms with van der Waals surface area (Å²) in [5, 5.41) is 0. The zero-order chi connectivity index (χ0) is 11.0. The van der Waals surface area contributed by atoms with Crippen LogP contribution < -0.4 is 0 Å². The molecular formula is C11H17NOS. The van der Waals surface area contributed by atoms with E-state index in [-0.39, 0.29) is 5.92 Å². The van der Waals surface area contributed by atoms with Crippen molar-refractivity contribution in [3.8, 4) is 0 Å². The monoisotopic (exact) mass is 211 g/mol. The molecule has 3 heteroatoms. The minimum Gasteiger partial charge on any atom is -0.300 e. The highest BCUT2D eigenvalue weighted by Crippen LogP contribution is 2.26. The molecular weight excluding hydrogens is 194 g/mol. The van der Waals surface area contributed by atoms with Crippen molar-refractivity contribution in [2.45, 2.75) is 13.8 Å². The van der Waals surface area contributed by atoms with Gasteiger partial charge in [0.15, 0.2) is 0 Å². The van der Waals surface area contributed by atoms with Crippen molar-refractivity contribution >= 4 is 24.3 Å². The third-order valence-electron chi connectivity index (χ3n) is 1.88. The number of carbonyl (C=O) groups excluding carboxylic acids is 1. The van der Waals surface area contributed by atoms with Crippen LogP contribution >= 0.6 is 11.8 Å². The minimum atomic E-state index is 0.184. The molecule has 1 atom stereocenters. The standard InChI is InChI=1S/C11H17NOS/c1-5-11(14-4)10(6-7-13)9(2)8-12-3/h5-9H,1-4H3/b10-6-,11-5-,12-8-/t9-/m0/s1. The first kappa shape index (κ1) is 13.2. The fourth-order valence-corrected chi connectivity index (χ4v) is 1.96. The van der Waals surface area contributed by atoms with Gasteiger partial charge in [0, 0.05) is 24.1 Å². The molecule has 0 fully saturated rings. The van der Waals surface area contributed by atoms with Gasteiger partial charge >= 0.3 is 0 Å². The molecule has 0 saturated heterocycles. The Morgan fingerprint density at radius 2 is 2.14 bits per heavy atom. The maximum Gasteiger partial charge on any atom is 0.143 e. The SMILES string of the molecule is C/C=C(SC)/C(=C\C=O)[C@@H](C)/C=N\C. The van der Waals surface area contributed by atoms with Crippen LogP contribution in [0.4, 0.5) is 0 Å². The molecule has 0 aromatic carbocycles. The first-order valence-electron chi connectivity index (χ1n) is 4.49. The number of aliphatic imine (C=N–C) groups is 1. The average Bonchev–Trinajstić information content (AvgIpc) is 2.18. The maximum atomic E-state index is 10.5. The highest BCUT2D eigenvalue weighted by molar-refractivity contribution is 8.02. The molecule has 14 heavy (non-hydrogen) atoms. The molecule has 0 radical (unpaired) electrons. The Morgan fingerprint density at radius 1 is 1.50 bits per heavy atom. The van der Waals surface area contributed by atoms with E-state index in [0.717, 1.165) is 16.8 Å². The van der Waals surface area contributed by atoms with Crippen molar-refractivity contribution in [3.05, 3.63) is 22.6 Å². The second-order valence-electron chi connectivity index (χ2n) is 2.81. The average molecular weight is 211 g/mol. The van der Waals surface area contributed by atoms with Gasteiger partial charge in [0.05, 0.1) is 0 Å². The highest BCUT2D eigenvalue weighted by atomic mass is 32.2. The minimum absolute atomic E-state index is 0.184. The molecule has 2 nitrogen and oxygen atoms in total. The van der Waals surface area contributed by atoms with Crippen LogP contribution in [-0.4, -0.2) is 25.8 Å². The lowest BCUT2D eigenvalue weighted by molar-refractivity contribution is -0.104.